The first-order valence-electron chi connectivity index (χ1n) is 7.52. The second kappa shape index (κ2) is 6.57. The number of halogens is 1. The summed E-state index contributed by atoms with van der Waals surface area (Å²) < 4.78 is 12.9. The molecule has 1 aliphatic rings. The van der Waals surface area contributed by atoms with E-state index in [1.54, 1.807) is 41.3 Å². The smallest absolute Gasteiger partial charge is 0.227 e. The first-order chi connectivity index (χ1) is 11.1. The van der Waals surface area contributed by atoms with Crippen molar-refractivity contribution in [1.82, 2.24) is 0 Å². The molecule has 3 nitrogen and oxygen atoms in total. The Kier molecular flexibility index (Phi) is 4.33. The van der Waals surface area contributed by atoms with Crippen LogP contribution in [0.5, 0.6) is 0 Å². The van der Waals surface area contributed by atoms with Crippen molar-refractivity contribution in [2.24, 2.45) is 0 Å². The zero-order valence-electron chi connectivity index (χ0n) is 12.5. The van der Waals surface area contributed by atoms with E-state index in [2.05, 4.69) is 0 Å². The van der Waals surface area contributed by atoms with E-state index >= 15 is 0 Å². The molecule has 2 aromatic rings. The summed E-state index contributed by atoms with van der Waals surface area (Å²) in [6.07, 6.45) is 4.51. The number of carbonyl (C=O) groups excluding carboxylic acids is 2. The van der Waals surface area contributed by atoms with Gasteiger partial charge in [0.1, 0.15) is 5.82 Å². The van der Waals surface area contributed by atoms with Gasteiger partial charge >= 0.3 is 0 Å². The van der Waals surface area contributed by atoms with Gasteiger partial charge in [0, 0.05) is 24.2 Å². The predicted molar refractivity (Wildman–Crippen MR) is 87.8 cm³/mol. The zero-order chi connectivity index (χ0) is 16.2. The number of rotatable bonds is 4. The van der Waals surface area contributed by atoms with Gasteiger partial charge in [-0.1, -0.05) is 30.3 Å². The first-order valence-corrected chi connectivity index (χ1v) is 7.52. The monoisotopic (exact) mass is 309 g/mol. The van der Waals surface area contributed by atoms with Crippen LogP contribution >= 0.6 is 0 Å². The number of ketones is 1. The van der Waals surface area contributed by atoms with Crippen LogP contribution in [0.25, 0.3) is 6.08 Å². The number of hydrogen-bond acceptors (Lipinski definition) is 2. The third-order valence-corrected chi connectivity index (χ3v) is 3.81. The highest BCUT2D eigenvalue weighted by Crippen LogP contribution is 2.22. The Morgan fingerprint density at radius 2 is 1.91 bits per heavy atom. The third kappa shape index (κ3) is 3.54. The summed E-state index contributed by atoms with van der Waals surface area (Å²) in [5, 5.41) is 0. The lowest BCUT2D eigenvalue weighted by molar-refractivity contribution is -0.117. The lowest BCUT2D eigenvalue weighted by atomic mass is 10.1. The summed E-state index contributed by atoms with van der Waals surface area (Å²) in [7, 11) is 0. The predicted octanol–water partition coefficient (Wildman–Crippen LogP) is 3.85. The van der Waals surface area contributed by atoms with Crippen LogP contribution in [-0.4, -0.2) is 18.2 Å². The highest BCUT2D eigenvalue weighted by atomic mass is 19.1. The quantitative estimate of drug-likeness (QED) is 0.635. The number of amides is 1. The second-order valence-corrected chi connectivity index (χ2v) is 5.45. The van der Waals surface area contributed by atoms with E-state index in [4.69, 9.17) is 0 Å². The maximum Gasteiger partial charge on any atom is 0.227 e. The highest BCUT2D eigenvalue weighted by molar-refractivity contribution is 6.08. The van der Waals surface area contributed by atoms with Gasteiger partial charge in [-0.3, -0.25) is 9.59 Å². The molecular weight excluding hydrogens is 293 g/mol. The summed E-state index contributed by atoms with van der Waals surface area (Å²) in [5.41, 5.74) is 2.04. The fourth-order valence-electron chi connectivity index (χ4n) is 2.59. The maximum absolute atomic E-state index is 12.9. The number of benzene rings is 2. The van der Waals surface area contributed by atoms with Gasteiger partial charge in [0.2, 0.25) is 5.91 Å². The lowest BCUT2D eigenvalue weighted by Gasteiger charge is -2.16. The molecule has 0 unspecified atom stereocenters. The lowest BCUT2D eigenvalue weighted by Crippen LogP contribution is -2.23. The van der Waals surface area contributed by atoms with E-state index in [1.807, 2.05) is 6.07 Å². The normalized spacial score (nSPS) is 14.7. The van der Waals surface area contributed by atoms with Crippen molar-refractivity contribution in [3.05, 3.63) is 71.6 Å². The molecule has 0 aromatic heterocycles. The average Bonchev–Trinajstić information content (AvgIpc) is 3.00. The fraction of sp³-hybridized carbons (Fsp3) is 0.158. The maximum atomic E-state index is 12.9. The Morgan fingerprint density at radius 3 is 2.61 bits per heavy atom. The summed E-state index contributed by atoms with van der Waals surface area (Å²) in [5.74, 6) is -0.365. The standard InChI is InChI=1S/C19H16FNO2/c20-16-9-6-14(7-10-16)8-11-18(22)15-3-1-4-17(13-15)21-12-2-5-19(21)23/h1,3-4,6-11,13H,2,5,12H2. The van der Waals surface area contributed by atoms with Crippen molar-refractivity contribution in [3.63, 3.8) is 0 Å². The van der Waals surface area contributed by atoms with Crippen LogP contribution < -0.4 is 4.90 Å². The van der Waals surface area contributed by atoms with Crippen LogP contribution in [0, 0.1) is 5.82 Å². The van der Waals surface area contributed by atoms with Gasteiger partial charge in [-0.15, -0.1) is 0 Å². The Balaban J connectivity index is 1.77. The molecule has 1 amide bonds. The Bertz CT molecular complexity index is 765. The van der Waals surface area contributed by atoms with Crippen LogP contribution in [-0.2, 0) is 4.79 Å². The topological polar surface area (TPSA) is 37.4 Å². The second-order valence-electron chi connectivity index (χ2n) is 5.45. The third-order valence-electron chi connectivity index (χ3n) is 3.81. The molecule has 1 aliphatic heterocycles. The van der Waals surface area contributed by atoms with E-state index in [9.17, 15) is 14.0 Å². The largest absolute Gasteiger partial charge is 0.312 e. The summed E-state index contributed by atoms with van der Waals surface area (Å²) in [4.78, 5) is 25.8. The first kappa shape index (κ1) is 15.2. The molecule has 1 saturated heterocycles. The van der Waals surface area contributed by atoms with Gasteiger partial charge in [0.05, 0.1) is 0 Å². The van der Waals surface area contributed by atoms with E-state index in [0.29, 0.717) is 18.5 Å². The molecule has 0 N–H and O–H groups in total. The molecule has 0 aliphatic carbocycles. The van der Waals surface area contributed by atoms with E-state index in [0.717, 1.165) is 17.7 Å². The van der Waals surface area contributed by atoms with E-state index < -0.39 is 0 Å². The van der Waals surface area contributed by atoms with Crippen molar-refractivity contribution < 1.29 is 14.0 Å². The molecule has 0 radical (unpaired) electrons. The molecule has 1 fully saturated rings. The Labute approximate surface area is 134 Å². The molecule has 0 atom stereocenters. The Hall–Kier alpha value is -2.75. The Morgan fingerprint density at radius 1 is 1.13 bits per heavy atom. The van der Waals surface area contributed by atoms with Gasteiger partial charge in [-0.05, 0) is 42.3 Å². The van der Waals surface area contributed by atoms with Crippen molar-refractivity contribution in [1.29, 1.82) is 0 Å². The minimum atomic E-state index is -0.309. The fourth-order valence-corrected chi connectivity index (χ4v) is 2.59. The van der Waals surface area contributed by atoms with Gasteiger partial charge in [-0.25, -0.2) is 4.39 Å². The van der Waals surface area contributed by atoms with Gasteiger partial charge in [0.25, 0.3) is 0 Å². The molecular formula is C19H16FNO2. The molecule has 0 saturated carbocycles. The van der Waals surface area contributed by atoms with E-state index in [-0.39, 0.29) is 17.5 Å². The molecule has 1 heterocycles. The summed E-state index contributed by atoms with van der Waals surface area (Å²) >= 11 is 0. The number of nitrogens with zero attached hydrogens (tertiary/aromatic N) is 1. The molecule has 23 heavy (non-hydrogen) atoms. The van der Waals surface area contributed by atoms with Crippen molar-refractivity contribution in [3.8, 4) is 0 Å². The van der Waals surface area contributed by atoms with E-state index in [1.165, 1.54) is 18.2 Å². The highest BCUT2D eigenvalue weighted by Gasteiger charge is 2.21. The van der Waals surface area contributed by atoms with Crippen molar-refractivity contribution >= 4 is 23.5 Å². The number of carbonyl (C=O) groups is 2. The van der Waals surface area contributed by atoms with Crippen LogP contribution in [0.15, 0.2) is 54.6 Å². The van der Waals surface area contributed by atoms with Crippen LogP contribution in [0.3, 0.4) is 0 Å². The molecule has 0 bridgehead atoms. The van der Waals surface area contributed by atoms with Crippen LogP contribution in [0.2, 0.25) is 0 Å². The summed E-state index contributed by atoms with van der Waals surface area (Å²) in [6.45, 7) is 0.696. The molecule has 2 aromatic carbocycles. The zero-order valence-corrected chi connectivity index (χ0v) is 12.5. The number of hydrogen-bond donors (Lipinski definition) is 0. The number of anilines is 1. The molecule has 0 spiro atoms. The molecule has 116 valence electrons. The van der Waals surface area contributed by atoms with Crippen molar-refractivity contribution in [2.75, 3.05) is 11.4 Å². The SMILES string of the molecule is O=C(C=Cc1ccc(F)cc1)c1cccc(N2CCCC2=O)c1. The molecule has 4 heteroatoms. The van der Waals surface area contributed by atoms with Crippen LogP contribution in [0.1, 0.15) is 28.8 Å². The summed E-state index contributed by atoms with van der Waals surface area (Å²) in [6, 6.07) is 13.0. The molecule has 3 rings (SSSR count). The van der Waals surface area contributed by atoms with Crippen molar-refractivity contribution in [2.45, 2.75) is 12.8 Å². The van der Waals surface area contributed by atoms with Gasteiger partial charge in [0.15, 0.2) is 5.78 Å². The number of allylic oxidation sites excluding steroid dienone is 1. The van der Waals surface area contributed by atoms with Crippen LogP contribution in [0.4, 0.5) is 10.1 Å². The average molecular weight is 309 g/mol. The minimum absolute atomic E-state index is 0.0939. The van der Waals surface area contributed by atoms with Gasteiger partial charge in [-0.2, -0.15) is 0 Å². The minimum Gasteiger partial charge on any atom is -0.312 e. The van der Waals surface area contributed by atoms with Gasteiger partial charge < -0.3 is 4.90 Å².